The predicted octanol–water partition coefficient (Wildman–Crippen LogP) is 1.89. The van der Waals surface area contributed by atoms with E-state index in [1.54, 1.807) is 19.1 Å². The average molecular weight is 301 g/mol. The van der Waals surface area contributed by atoms with Crippen molar-refractivity contribution in [2.24, 2.45) is 5.92 Å². The molecule has 1 N–H and O–H groups in total. The minimum Gasteiger partial charge on any atom is -0.396 e. The molecule has 0 bridgehead atoms. The third-order valence-corrected chi connectivity index (χ3v) is 4.06. The van der Waals surface area contributed by atoms with Gasteiger partial charge in [-0.05, 0) is 30.9 Å². The van der Waals surface area contributed by atoms with E-state index in [-0.39, 0.29) is 12.5 Å². The molecule has 22 heavy (non-hydrogen) atoms. The lowest BCUT2D eigenvalue weighted by molar-refractivity contribution is 0.0651. The van der Waals surface area contributed by atoms with Crippen LogP contribution in [0.4, 0.5) is 0 Å². The maximum absolute atomic E-state index is 12.6. The molecule has 1 aliphatic heterocycles. The summed E-state index contributed by atoms with van der Waals surface area (Å²) in [5, 5.41) is 13.1. The van der Waals surface area contributed by atoms with Crippen LogP contribution in [0.25, 0.3) is 11.4 Å². The first-order valence-electron chi connectivity index (χ1n) is 7.48. The molecular formula is C16H19N3O3. The summed E-state index contributed by atoms with van der Waals surface area (Å²) in [5.74, 6) is 1.32. The molecule has 2 heterocycles. The van der Waals surface area contributed by atoms with Gasteiger partial charge in [-0.1, -0.05) is 17.3 Å². The Kier molecular flexibility index (Phi) is 4.20. The lowest BCUT2D eigenvalue weighted by Crippen LogP contribution is -2.39. The first-order chi connectivity index (χ1) is 10.7. The van der Waals surface area contributed by atoms with Crippen LogP contribution in [-0.2, 0) is 0 Å². The number of aromatic nitrogens is 2. The van der Waals surface area contributed by atoms with E-state index in [1.165, 1.54) is 0 Å². The van der Waals surface area contributed by atoms with Gasteiger partial charge < -0.3 is 14.5 Å². The molecule has 1 fully saturated rings. The molecule has 0 aliphatic carbocycles. The second-order valence-electron chi connectivity index (χ2n) is 5.64. The van der Waals surface area contributed by atoms with E-state index in [9.17, 15) is 9.90 Å². The maximum atomic E-state index is 12.6. The van der Waals surface area contributed by atoms with E-state index < -0.39 is 0 Å². The Balaban J connectivity index is 1.76. The zero-order chi connectivity index (χ0) is 15.5. The highest BCUT2D eigenvalue weighted by molar-refractivity contribution is 5.95. The lowest BCUT2D eigenvalue weighted by Gasteiger charge is -2.31. The normalized spacial score (nSPS) is 16.0. The SMILES string of the molecule is Cc1nc(-c2cccc(C(=O)N3CCC(CO)CC3)c2)no1. The summed E-state index contributed by atoms with van der Waals surface area (Å²) in [7, 11) is 0. The third kappa shape index (κ3) is 3.01. The molecule has 0 saturated carbocycles. The van der Waals surface area contributed by atoms with Gasteiger partial charge in [-0.15, -0.1) is 0 Å². The Labute approximate surface area is 128 Å². The van der Waals surface area contributed by atoms with Gasteiger partial charge >= 0.3 is 0 Å². The van der Waals surface area contributed by atoms with Gasteiger partial charge in [-0.3, -0.25) is 4.79 Å². The molecule has 0 radical (unpaired) electrons. The van der Waals surface area contributed by atoms with Crippen LogP contribution in [-0.4, -0.2) is 45.8 Å². The number of carbonyl (C=O) groups is 1. The van der Waals surface area contributed by atoms with E-state index in [2.05, 4.69) is 10.1 Å². The van der Waals surface area contributed by atoms with E-state index >= 15 is 0 Å². The van der Waals surface area contributed by atoms with Crippen molar-refractivity contribution in [3.8, 4) is 11.4 Å². The summed E-state index contributed by atoms with van der Waals surface area (Å²) < 4.78 is 4.98. The van der Waals surface area contributed by atoms with Gasteiger partial charge in [0, 0.05) is 37.7 Å². The number of rotatable bonds is 3. The minimum atomic E-state index is 0.0125. The van der Waals surface area contributed by atoms with Gasteiger partial charge in [0.15, 0.2) is 0 Å². The monoisotopic (exact) mass is 301 g/mol. The first-order valence-corrected chi connectivity index (χ1v) is 7.48. The molecule has 1 aliphatic rings. The molecule has 0 unspecified atom stereocenters. The van der Waals surface area contributed by atoms with Crippen molar-refractivity contribution in [2.45, 2.75) is 19.8 Å². The van der Waals surface area contributed by atoms with Crippen LogP contribution in [0.1, 0.15) is 29.1 Å². The zero-order valence-electron chi connectivity index (χ0n) is 12.5. The summed E-state index contributed by atoms with van der Waals surface area (Å²) in [4.78, 5) is 18.6. The second-order valence-corrected chi connectivity index (χ2v) is 5.64. The predicted molar refractivity (Wildman–Crippen MR) is 80.2 cm³/mol. The highest BCUT2D eigenvalue weighted by atomic mass is 16.5. The number of likely N-dealkylation sites (tertiary alicyclic amines) is 1. The van der Waals surface area contributed by atoms with Crippen molar-refractivity contribution in [1.82, 2.24) is 15.0 Å². The molecule has 0 atom stereocenters. The Hall–Kier alpha value is -2.21. The Morgan fingerprint density at radius 3 is 2.82 bits per heavy atom. The largest absolute Gasteiger partial charge is 0.396 e. The molecule has 116 valence electrons. The number of hydrogen-bond donors (Lipinski definition) is 1. The van der Waals surface area contributed by atoms with Crippen LogP contribution >= 0.6 is 0 Å². The van der Waals surface area contributed by atoms with Gasteiger partial charge in [0.25, 0.3) is 5.91 Å². The summed E-state index contributed by atoms with van der Waals surface area (Å²) >= 11 is 0. The van der Waals surface area contributed by atoms with E-state index in [0.717, 1.165) is 18.4 Å². The van der Waals surface area contributed by atoms with Crippen LogP contribution < -0.4 is 0 Å². The number of amides is 1. The van der Waals surface area contributed by atoms with E-state index in [0.29, 0.717) is 36.3 Å². The molecule has 6 heteroatoms. The average Bonchev–Trinajstić information content (AvgIpc) is 3.01. The van der Waals surface area contributed by atoms with Gasteiger partial charge in [0.2, 0.25) is 11.7 Å². The molecule has 1 aromatic carbocycles. The summed E-state index contributed by atoms with van der Waals surface area (Å²) in [5.41, 5.74) is 1.40. The standard InChI is InChI=1S/C16H19N3O3/c1-11-17-15(18-22-11)13-3-2-4-14(9-13)16(21)19-7-5-12(10-20)6-8-19/h2-4,9,12,20H,5-8,10H2,1H3. The molecular weight excluding hydrogens is 282 g/mol. The van der Waals surface area contributed by atoms with Crippen molar-refractivity contribution in [1.29, 1.82) is 0 Å². The van der Waals surface area contributed by atoms with E-state index in [4.69, 9.17) is 4.52 Å². The van der Waals surface area contributed by atoms with Gasteiger partial charge in [-0.25, -0.2) is 0 Å². The fourth-order valence-electron chi connectivity index (χ4n) is 2.71. The number of aliphatic hydroxyl groups is 1. The number of piperidine rings is 1. The van der Waals surface area contributed by atoms with Crippen LogP contribution in [0.3, 0.4) is 0 Å². The minimum absolute atomic E-state index is 0.0125. The Morgan fingerprint density at radius 1 is 1.41 bits per heavy atom. The summed E-state index contributed by atoms with van der Waals surface area (Å²) in [6.45, 7) is 3.32. The van der Waals surface area contributed by atoms with Gasteiger partial charge in [0.1, 0.15) is 0 Å². The molecule has 0 spiro atoms. The van der Waals surface area contributed by atoms with Gasteiger partial charge in [0.05, 0.1) is 0 Å². The van der Waals surface area contributed by atoms with Crippen molar-refractivity contribution in [3.05, 3.63) is 35.7 Å². The topological polar surface area (TPSA) is 79.5 Å². The number of aliphatic hydroxyl groups excluding tert-OH is 1. The van der Waals surface area contributed by atoms with Crippen LogP contribution in [0.5, 0.6) is 0 Å². The fourth-order valence-corrected chi connectivity index (χ4v) is 2.71. The van der Waals surface area contributed by atoms with Gasteiger partial charge in [-0.2, -0.15) is 4.98 Å². The molecule has 1 amide bonds. The summed E-state index contributed by atoms with van der Waals surface area (Å²) in [6, 6.07) is 7.29. The highest BCUT2D eigenvalue weighted by Crippen LogP contribution is 2.21. The molecule has 1 aromatic heterocycles. The third-order valence-electron chi connectivity index (χ3n) is 4.06. The lowest BCUT2D eigenvalue weighted by atomic mass is 9.97. The van der Waals surface area contributed by atoms with Crippen molar-refractivity contribution in [3.63, 3.8) is 0 Å². The molecule has 2 aromatic rings. The van der Waals surface area contributed by atoms with Crippen LogP contribution in [0.15, 0.2) is 28.8 Å². The molecule has 1 saturated heterocycles. The Morgan fingerprint density at radius 2 is 2.18 bits per heavy atom. The second kappa shape index (κ2) is 6.27. The number of nitrogens with zero attached hydrogens (tertiary/aromatic N) is 3. The molecule has 6 nitrogen and oxygen atoms in total. The number of aryl methyl sites for hydroxylation is 1. The van der Waals surface area contributed by atoms with Crippen molar-refractivity contribution in [2.75, 3.05) is 19.7 Å². The number of carbonyl (C=O) groups excluding carboxylic acids is 1. The fraction of sp³-hybridized carbons (Fsp3) is 0.438. The van der Waals surface area contributed by atoms with Crippen molar-refractivity contribution >= 4 is 5.91 Å². The van der Waals surface area contributed by atoms with Crippen LogP contribution in [0.2, 0.25) is 0 Å². The summed E-state index contributed by atoms with van der Waals surface area (Å²) in [6.07, 6.45) is 1.71. The number of hydrogen-bond acceptors (Lipinski definition) is 5. The van der Waals surface area contributed by atoms with E-state index in [1.807, 2.05) is 17.0 Å². The first kappa shape index (κ1) is 14.7. The van der Waals surface area contributed by atoms with Crippen molar-refractivity contribution < 1.29 is 14.4 Å². The highest BCUT2D eigenvalue weighted by Gasteiger charge is 2.23. The smallest absolute Gasteiger partial charge is 0.253 e. The zero-order valence-corrected chi connectivity index (χ0v) is 12.5. The quantitative estimate of drug-likeness (QED) is 0.936. The van der Waals surface area contributed by atoms with Crippen LogP contribution in [0, 0.1) is 12.8 Å². The Bertz CT molecular complexity index is 660. The molecule has 3 rings (SSSR count). The maximum Gasteiger partial charge on any atom is 0.253 e. The number of benzene rings is 1.